The normalized spacial score (nSPS) is 10.9. The Kier molecular flexibility index (Phi) is 8.27. The third kappa shape index (κ3) is 6.60. The van der Waals surface area contributed by atoms with Crippen LogP contribution in [0.3, 0.4) is 0 Å². The topological polar surface area (TPSA) is 133 Å². The molecule has 1 N–H and O–H groups in total. The van der Waals surface area contributed by atoms with Gasteiger partial charge in [-0.25, -0.2) is 4.79 Å². The van der Waals surface area contributed by atoms with Crippen LogP contribution in [0.25, 0.3) is 10.9 Å². The van der Waals surface area contributed by atoms with E-state index in [2.05, 4.69) is 21.4 Å². The summed E-state index contributed by atoms with van der Waals surface area (Å²) in [4.78, 5) is 33.3. The molecule has 2 heterocycles. The van der Waals surface area contributed by atoms with Gasteiger partial charge in [0.05, 0.1) is 38.0 Å². The van der Waals surface area contributed by atoms with Crippen molar-refractivity contribution in [2.24, 2.45) is 0 Å². The van der Waals surface area contributed by atoms with Crippen LogP contribution in [0.15, 0.2) is 36.8 Å². The summed E-state index contributed by atoms with van der Waals surface area (Å²) in [7, 11) is 3.03. The molecule has 10 nitrogen and oxygen atoms in total. The maximum Gasteiger partial charge on any atom is 0.407 e. The number of hydrogen-bond acceptors (Lipinski definition) is 9. The van der Waals surface area contributed by atoms with Gasteiger partial charge >= 0.3 is 6.09 Å². The zero-order chi connectivity index (χ0) is 26.3. The van der Waals surface area contributed by atoms with E-state index < -0.39 is 11.7 Å². The second kappa shape index (κ2) is 11.4. The number of alkyl carbamates (subject to hydrolysis) is 1. The quantitative estimate of drug-likeness (QED) is 0.349. The number of ether oxygens (including phenoxy) is 4. The van der Waals surface area contributed by atoms with Gasteiger partial charge in [-0.2, -0.15) is 5.26 Å². The Morgan fingerprint density at radius 2 is 1.78 bits per heavy atom. The van der Waals surface area contributed by atoms with Crippen LogP contribution in [0.1, 0.15) is 42.3 Å². The maximum atomic E-state index is 13.2. The molecule has 0 aliphatic carbocycles. The van der Waals surface area contributed by atoms with Gasteiger partial charge in [-0.05, 0) is 38.5 Å². The summed E-state index contributed by atoms with van der Waals surface area (Å²) in [5.74, 6) is 1.08. The molecule has 0 unspecified atom stereocenters. The molecule has 0 spiro atoms. The number of methoxy groups -OCH3 is 2. The molecule has 0 saturated carbocycles. The highest BCUT2D eigenvalue weighted by molar-refractivity contribution is 6.00. The van der Waals surface area contributed by atoms with Gasteiger partial charge in [0, 0.05) is 35.8 Å². The van der Waals surface area contributed by atoms with Crippen LogP contribution >= 0.6 is 0 Å². The van der Waals surface area contributed by atoms with Crippen molar-refractivity contribution in [3.8, 4) is 23.3 Å². The highest BCUT2D eigenvalue weighted by atomic mass is 16.6. The predicted octanol–water partition coefficient (Wildman–Crippen LogP) is 3.85. The van der Waals surface area contributed by atoms with Crippen molar-refractivity contribution in [2.75, 3.05) is 27.4 Å². The molecule has 3 rings (SSSR count). The van der Waals surface area contributed by atoms with Crippen LogP contribution in [0.5, 0.6) is 17.2 Å². The molecular formula is C26H28N4O6. The zero-order valence-electron chi connectivity index (χ0n) is 20.9. The van der Waals surface area contributed by atoms with E-state index in [1.807, 2.05) is 0 Å². The largest absolute Gasteiger partial charge is 0.493 e. The number of hydrogen-bond donors (Lipinski definition) is 1. The summed E-state index contributed by atoms with van der Waals surface area (Å²) in [5.41, 5.74) is 1.12. The van der Waals surface area contributed by atoms with E-state index in [-0.39, 0.29) is 30.9 Å². The Bertz CT molecular complexity index is 1310. The first-order valence-corrected chi connectivity index (χ1v) is 11.2. The molecule has 0 atom stereocenters. The lowest BCUT2D eigenvalue weighted by molar-refractivity contribution is 0.0520. The van der Waals surface area contributed by atoms with E-state index in [4.69, 9.17) is 18.9 Å². The fourth-order valence-corrected chi connectivity index (χ4v) is 3.41. The molecule has 0 aliphatic heterocycles. The van der Waals surface area contributed by atoms with Crippen molar-refractivity contribution in [3.05, 3.63) is 53.5 Å². The lowest BCUT2D eigenvalue weighted by Gasteiger charge is -2.19. The van der Waals surface area contributed by atoms with Gasteiger partial charge in [0.15, 0.2) is 17.3 Å². The summed E-state index contributed by atoms with van der Waals surface area (Å²) in [6.45, 7) is 5.71. The first-order chi connectivity index (χ1) is 17.1. The van der Waals surface area contributed by atoms with Gasteiger partial charge in [-0.3, -0.25) is 14.8 Å². The number of pyridine rings is 2. The smallest absolute Gasteiger partial charge is 0.407 e. The van der Waals surface area contributed by atoms with E-state index in [1.54, 1.807) is 39.0 Å². The van der Waals surface area contributed by atoms with Crippen LogP contribution in [0.2, 0.25) is 0 Å². The Morgan fingerprint density at radius 3 is 2.44 bits per heavy atom. The molecule has 1 aromatic carbocycles. The summed E-state index contributed by atoms with van der Waals surface area (Å²) in [6, 6.07) is 7.09. The number of nitrogens with one attached hydrogen (secondary N) is 1. The molecule has 10 heteroatoms. The number of ketones is 1. The van der Waals surface area contributed by atoms with Crippen molar-refractivity contribution in [1.29, 1.82) is 5.26 Å². The van der Waals surface area contributed by atoms with Gasteiger partial charge in [0.2, 0.25) is 0 Å². The fraction of sp³-hybridized carbons (Fsp3) is 0.346. The Hall–Kier alpha value is -4.39. The number of aromatic nitrogens is 2. The van der Waals surface area contributed by atoms with Gasteiger partial charge in [0.25, 0.3) is 0 Å². The fourth-order valence-electron chi connectivity index (χ4n) is 3.41. The molecular weight excluding hydrogens is 464 g/mol. The number of fused-ring (bicyclic) bond motifs is 1. The Balaban J connectivity index is 1.74. The molecule has 0 saturated heterocycles. The number of rotatable bonds is 9. The van der Waals surface area contributed by atoms with Gasteiger partial charge in [0.1, 0.15) is 24.0 Å². The third-order valence-corrected chi connectivity index (χ3v) is 5.02. The molecule has 0 aliphatic rings. The lowest BCUT2D eigenvalue weighted by Crippen LogP contribution is -2.34. The SMILES string of the molecule is COc1cc2ncc(C#N)c(CC(=O)c3cncc(OCCNC(=O)OC(C)(C)C)c3)c2cc1OC. The first kappa shape index (κ1) is 26.2. The number of nitrogens with zero attached hydrogens (tertiary/aromatic N) is 3. The van der Waals surface area contributed by atoms with Crippen molar-refractivity contribution in [3.63, 3.8) is 0 Å². The number of nitriles is 1. The first-order valence-electron chi connectivity index (χ1n) is 11.2. The number of benzene rings is 1. The average Bonchev–Trinajstić information content (AvgIpc) is 2.85. The van der Waals surface area contributed by atoms with Crippen molar-refractivity contribution < 1.29 is 28.5 Å². The van der Waals surface area contributed by atoms with E-state index in [0.29, 0.717) is 39.3 Å². The Labute approximate surface area is 209 Å². The number of carbonyl (C=O) groups excluding carboxylic acids is 2. The highest BCUT2D eigenvalue weighted by Crippen LogP contribution is 2.34. The monoisotopic (exact) mass is 492 g/mol. The van der Waals surface area contributed by atoms with E-state index >= 15 is 0 Å². The minimum Gasteiger partial charge on any atom is -0.493 e. The highest BCUT2D eigenvalue weighted by Gasteiger charge is 2.18. The van der Waals surface area contributed by atoms with Crippen molar-refractivity contribution in [1.82, 2.24) is 15.3 Å². The van der Waals surface area contributed by atoms with Gasteiger partial charge < -0.3 is 24.3 Å². The second-order valence-electron chi connectivity index (χ2n) is 8.77. The minimum atomic E-state index is -0.591. The molecule has 2 aromatic heterocycles. The van der Waals surface area contributed by atoms with Crippen molar-refractivity contribution >= 4 is 22.8 Å². The molecule has 3 aromatic rings. The van der Waals surface area contributed by atoms with Gasteiger partial charge in [-0.1, -0.05) is 0 Å². The Morgan fingerprint density at radius 1 is 1.06 bits per heavy atom. The van der Waals surface area contributed by atoms with E-state index in [0.717, 1.165) is 0 Å². The predicted molar refractivity (Wildman–Crippen MR) is 132 cm³/mol. The standard InChI is InChI=1S/C26H28N4O6/c1-26(2,3)36-25(32)29-6-7-35-18-8-16(13-28-15-18)22(31)9-19-17(12-27)14-30-21-11-24(34-5)23(33-4)10-20(19)21/h8,10-11,13-15H,6-7,9H2,1-5H3,(H,29,32). The number of carbonyl (C=O) groups is 2. The second-order valence-corrected chi connectivity index (χ2v) is 8.77. The average molecular weight is 493 g/mol. The summed E-state index contributed by atoms with van der Waals surface area (Å²) in [5, 5.41) is 12.8. The number of amides is 1. The molecule has 36 heavy (non-hydrogen) atoms. The van der Waals surface area contributed by atoms with Crippen LogP contribution in [0, 0.1) is 11.3 Å². The molecule has 0 radical (unpaired) electrons. The summed E-state index contributed by atoms with van der Waals surface area (Å²) >= 11 is 0. The van der Waals surface area contributed by atoms with Gasteiger partial charge in [-0.15, -0.1) is 0 Å². The summed E-state index contributed by atoms with van der Waals surface area (Å²) < 4.78 is 21.5. The van der Waals surface area contributed by atoms with E-state index in [1.165, 1.54) is 32.8 Å². The van der Waals surface area contributed by atoms with Crippen molar-refractivity contribution in [2.45, 2.75) is 32.8 Å². The summed E-state index contributed by atoms with van der Waals surface area (Å²) in [6.07, 6.45) is 3.76. The van der Waals surface area contributed by atoms with E-state index in [9.17, 15) is 14.9 Å². The molecule has 188 valence electrons. The van der Waals surface area contributed by atoms with Crippen LogP contribution in [0.4, 0.5) is 4.79 Å². The third-order valence-electron chi connectivity index (χ3n) is 5.02. The maximum absolute atomic E-state index is 13.2. The zero-order valence-corrected chi connectivity index (χ0v) is 20.9. The van der Waals surface area contributed by atoms with Crippen LogP contribution < -0.4 is 19.5 Å². The van der Waals surface area contributed by atoms with Crippen LogP contribution in [-0.4, -0.2) is 54.8 Å². The van der Waals surface area contributed by atoms with Crippen LogP contribution in [-0.2, 0) is 11.2 Å². The molecule has 1 amide bonds. The number of Topliss-reactive ketones (excluding diaryl/α,β-unsaturated/α-hetero) is 1. The molecule has 0 fully saturated rings. The lowest BCUT2D eigenvalue weighted by atomic mass is 9.96. The molecule has 0 bridgehead atoms. The minimum absolute atomic E-state index is 0.0528.